The lowest BCUT2D eigenvalue weighted by Crippen LogP contribution is -2.43. The lowest BCUT2D eigenvalue weighted by atomic mass is 10.2. The number of fused-ring (bicyclic) bond motifs is 1. The highest BCUT2D eigenvalue weighted by Gasteiger charge is 2.22. The van der Waals surface area contributed by atoms with Gasteiger partial charge in [-0.25, -0.2) is 4.98 Å². The third-order valence-corrected chi connectivity index (χ3v) is 5.57. The van der Waals surface area contributed by atoms with E-state index in [0.717, 1.165) is 53.7 Å². The van der Waals surface area contributed by atoms with Crippen molar-refractivity contribution in [3.05, 3.63) is 59.1 Å². The Hall–Kier alpha value is -1.53. The predicted molar refractivity (Wildman–Crippen MR) is 101 cm³/mol. The molecule has 0 bridgehead atoms. The monoisotopic (exact) mass is 374 g/mol. The van der Waals surface area contributed by atoms with Gasteiger partial charge in [0.2, 0.25) is 0 Å². The zero-order valence-electron chi connectivity index (χ0n) is 13.7. The largest absolute Gasteiger partial charge is 0.431 e. The first kappa shape index (κ1) is 16.9. The molecule has 4 nitrogen and oxygen atoms in total. The quantitative estimate of drug-likeness (QED) is 0.616. The van der Waals surface area contributed by atoms with Crippen LogP contribution in [0.1, 0.15) is 5.56 Å². The molecule has 1 aliphatic rings. The van der Waals surface area contributed by atoms with Crippen LogP contribution >= 0.6 is 23.4 Å². The van der Waals surface area contributed by atoms with Gasteiger partial charge in [0.25, 0.3) is 5.22 Å². The van der Waals surface area contributed by atoms with Crippen molar-refractivity contribution >= 4 is 34.5 Å². The molecule has 4 rings (SSSR count). The van der Waals surface area contributed by atoms with Crippen LogP contribution in [0.5, 0.6) is 0 Å². The Morgan fingerprint density at radius 1 is 1.16 bits per heavy atom. The van der Waals surface area contributed by atoms with Gasteiger partial charge in [-0.1, -0.05) is 53.7 Å². The molecule has 0 amide bonds. The van der Waals surface area contributed by atoms with E-state index in [0.29, 0.717) is 5.22 Å². The van der Waals surface area contributed by atoms with Crippen LogP contribution in [0.15, 0.2) is 58.2 Å². The zero-order valence-corrected chi connectivity index (χ0v) is 15.3. The van der Waals surface area contributed by atoms with Crippen LogP contribution in [0, 0.1) is 0 Å². The SMILES string of the molecule is Clc1ccccc1CN1CCO[C@@H](CSc2nc3ccccc3o2)C1. The standard InChI is InChI=1S/C19H19ClN2O2S/c20-16-6-2-1-5-14(16)11-22-9-10-23-15(12-22)13-25-19-21-17-7-3-4-8-18(17)24-19/h1-8,15H,9-13H2/t15-/m1/s1. The average molecular weight is 375 g/mol. The normalized spacial score (nSPS) is 18.7. The summed E-state index contributed by atoms with van der Waals surface area (Å²) in [6.07, 6.45) is 0.163. The fourth-order valence-corrected chi connectivity index (χ4v) is 4.01. The first-order chi connectivity index (χ1) is 12.3. The number of rotatable bonds is 5. The molecular weight excluding hydrogens is 356 g/mol. The summed E-state index contributed by atoms with van der Waals surface area (Å²) in [7, 11) is 0. The fourth-order valence-electron chi connectivity index (χ4n) is 2.97. The van der Waals surface area contributed by atoms with Gasteiger partial charge in [-0.15, -0.1) is 0 Å². The van der Waals surface area contributed by atoms with Crippen molar-refractivity contribution in [2.24, 2.45) is 0 Å². The second-order valence-electron chi connectivity index (χ2n) is 6.08. The molecule has 0 aliphatic carbocycles. The van der Waals surface area contributed by atoms with E-state index in [2.05, 4.69) is 16.0 Å². The number of hydrogen-bond donors (Lipinski definition) is 0. The van der Waals surface area contributed by atoms with Gasteiger partial charge >= 0.3 is 0 Å². The predicted octanol–water partition coefficient (Wildman–Crippen LogP) is 4.47. The molecule has 0 unspecified atom stereocenters. The van der Waals surface area contributed by atoms with Crippen LogP contribution in [-0.4, -0.2) is 41.4 Å². The molecular formula is C19H19ClN2O2S. The van der Waals surface area contributed by atoms with E-state index >= 15 is 0 Å². The van der Waals surface area contributed by atoms with Gasteiger partial charge in [-0.05, 0) is 23.8 Å². The molecule has 1 aromatic heterocycles. The highest BCUT2D eigenvalue weighted by Crippen LogP contribution is 2.25. The van der Waals surface area contributed by atoms with E-state index in [1.165, 1.54) is 0 Å². The number of nitrogens with zero attached hydrogens (tertiary/aromatic N) is 2. The Labute approximate surface area is 156 Å². The van der Waals surface area contributed by atoms with Gasteiger partial charge < -0.3 is 9.15 Å². The van der Waals surface area contributed by atoms with E-state index in [1.54, 1.807) is 11.8 Å². The molecule has 0 N–H and O–H groups in total. The lowest BCUT2D eigenvalue weighted by molar-refractivity contribution is -0.0187. The Balaban J connectivity index is 1.34. The van der Waals surface area contributed by atoms with Gasteiger partial charge in [-0.3, -0.25) is 4.90 Å². The minimum Gasteiger partial charge on any atom is -0.431 e. The van der Waals surface area contributed by atoms with Crippen LogP contribution in [0.25, 0.3) is 11.1 Å². The Bertz CT molecular complexity index is 821. The summed E-state index contributed by atoms with van der Waals surface area (Å²) in [4.78, 5) is 6.90. The van der Waals surface area contributed by atoms with Crippen LogP contribution in [-0.2, 0) is 11.3 Å². The topological polar surface area (TPSA) is 38.5 Å². The van der Waals surface area contributed by atoms with E-state index in [9.17, 15) is 0 Å². The highest BCUT2D eigenvalue weighted by atomic mass is 35.5. The van der Waals surface area contributed by atoms with Crippen LogP contribution in [0.3, 0.4) is 0 Å². The summed E-state index contributed by atoms with van der Waals surface area (Å²) in [6, 6.07) is 15.8. The molecule has 1 aliphatic heterocycles. The number of halogens is 1. The molecule has 0 saturated carbocycles. The summed E-state index contributed by atoms with van der Waals surface area (Å²) in [6.45, 7) is 3.41. The van der Waals surface area contributed by atoms with Crippen LogP contribution in [0.2, 0.25) is 5.02 Å². The Morgan fingerprint density at radius 2 is 2.00 bits per heavy atom. The van der Waals surface area contributed by atoms with Crippen LogP contribution in [0.4, 0.5) is 0 Å². The number of benzene rings is 2. The number of aromatic nitrogens is 1. The van der Waals surface area contributed by atoms with Crippen molar-refractivity contribution in [1.82, 2.24) is 9.88 Å². The van der Waals surface area contributed by atoms with Gasteiger partial charge in [0.15, 0.2) is 5.58 Å². The maximum Gasteiger partial charge on any atom is 0.256 e. The molecule has 1 saturated heterocycles. The molecule has 130 valence electrons. The molecule has 3 aromatic rings. The fraction of sp³-hybridized carbons (Fsp3) is 0.316. The smallest absolute Gasteiger partial charge is 0.256 e. The Kier molecular flexibility index (Phi) is 5.27. The van der Waals surface area contributed by atoms with Crippen molar-refractivity contribution in [3.8, 4) is 0 Å². The first-order valence-electron chi connectivity index (χ1n) is 8.34. The van der Waals surface area contributed by atoms with Gasteiger partial charge in [-0.2, -0.15) is 0 Å². The molecule has 2 aromatic carbocycles. The lowest BCUT2D eigenvalue weighted by Gasteiger charge is -2.32. The summed E-state index contributed by atoms with van der Waals surface area (Å²) >= 11 is 7.89. The van der Waals surface area contributed by atoms with E-state index in [1.807, 2.05) is 42.5 Å². The maximum atomic E-state index is 6.28. The van der Waals surface area contributed by atoms with Gasteiger partial charge in [0.05, 0.1) is 12.7 Å². The molecule has 0 radical (unpaired) electrons. The molecule has 0 spiro atoms. The molecule has 6 heteroatoms. The molecule has 1 atom stereocenters. The van der Waals surface area contributed by atoms with Crippen LogP contribution < -0.4 is 0 Å². The third-order valence-electron chi connectivity index (χ3n) is 4.24. The van der Waals surface area contributed by atoms with Gasteiger partial charge in [0.1, 0.15) is 5.52 Å². The van der Waals surface area contributed by atoms with E-state index in [-0.39, 0.29) is 6.10 Å². The minimum absolute atomic E-state index is 0.163. The summed E-state index contributed by atoms with van der Waals surface area (Å²) < 4.78 is 11.7. The number of morpholine rings is 1. The Morgan fingerprint density at radius 3 is 2.88 bits per heavy atom. The maximum absolute atomic E-state index is 6.28. The molecule has 1 fully saturated rings. The minimum atomic E-state index is 0.163. The van der Waals surface area contributed by atoms with E-state index in [4.69, 9.17) is 20.8 Å². The number of thioether (sulfide) groups is 1. The van der Waals surface area contributed by atoms with Crippen molar-refractivity contribution in [1.29, 1.82) is 0 Å². The summed E-state index contributed by atoms with van der Waals surface area (Å²) in [5, 5.41) is 1.53. The zero-order chi connectivity index (χ0) is 17.1. The summed E-state index contributed by atoms with van der Waals surface area (Å²) in [5.41, 5.74) is 2.89. The number of hydrogen-bond acceptors (Lipinski definition) is 5. The van der Waals surface area contributed by atoms with Crippen molar-refractivity contribution in [3.63, 3.8) is 0 Å². The molecule has 25 heavy (non-hydrogen) atoms. The number of para-hydroxylation sites is 2. The molecule has 2 heterocycles. The first-order valence-corrected chi connectivity index (χ1v) is 9.70. The number of ether oxygens (including phenoxy) is 1. The van der Waals surface area contributed by atoms with Gasteiger partial charge in [0, 0.05) is 30.4 Å². The summed E-state index contributed by atoms with van der Waals surface area (Å²) in [5.74, 6) is 0.825. The second-order valence-corrected chi connectivity index (χ2v) is 7.46. The third kappa shape index (κ3) is 4.18. The van der Waals surface area contributed by atoms with Crippen molar-refractivity contribution in [2.45, 2.75) is 17.9 Å². The van der Waals surface area contributed by atoms with Crippen molar-refractivity contribution < 1.29 is 9.15 Å². The second kappa shape index (κ2) is 7.79. The van der Waals surface area contributed by atoms with Crippen molar-refractivity contribution in [2.75, 3.05) is 25.4 Å². The number of oxazole rings is 1. The average Bonchev–Trinajstić information content (AvgIpc) is 3.05. The highest BCUT2D eigenvalue weighted by molar-refractivity contribution is 7.99. The van der Waals surface area contributed by atoms with E-state index < -0.39 is 0 Å².